The Kier molecular flexibility index (Phi) is 4.67. The number of nitrogens with two attached hydrogens (primary N) is 1. The second-order valence-electron chi connectivity index (χ2n) is 3.32. The highest BCUT2D eigenvalue weighted by Gasteiger charge is 2.16. The maximum Gasteiger partial charge on any atom is 0.339 e. The number of esters is 1. The first-order valence-corrected chi connectivity index (χ1v) is 7.19. The summed E-state index contributed by atoms with van der Waals surface area (Å²) < 4.78 is 27.7. The largest absolute Gasteiger partial charge is 0.462 e. The SMILES string of the molecule is CCCOC(=O)c1cc(S(N)(=O)=O)ccc1Br. The normalized spacial score (nSPS) is 11.2. The van der Waals surface area contributed by atoms with Crippen LogP contribution in [-0.4, -0.2) is 21.0 Å². The topological polar surface area (TPSA) is 86.5 Å². The fourth-order valence-electron chi connectivity index (χ4n) is 1.11. The molecule has 0 aromatic heterocycles. The van der Waals surface area contributed by atoms with E-state index in [0.717, 1.165) is 0 Å². The van der Waals surface area contributed by atoms with Gasteiger partial charge >= 0.3 is 5.97 Å². The van der Waals surface area contributed by atoms with Crippen molar-refractivity contribution >= 4 is 31.9 Å². The third-order valence-electron chi connectivity index (χ3n) is 1.92. The molecule has 1 aromatic rings. The van der Waals surface area contributed by atoms with E-state index in [2.05, 4.69) is 15.9 Å². The molecule has 0 bridgehead atoms. The van der Waals surface area contributed by atoms with Gasteiger partial charge < -0.3 is 4.74 Å². The second-order valence-corrected chi connectivity index (χ2v) is 5.74. The van der Waals surface area contributed by atoms with Crippen LogP contribution in [0.5, 0.6) is 0 Å². The van der Waals surface area contributed by atoms with Gasteiger partial charge in [0, 0.05) is 4.47 Å². The van der Waals surface area contributed by atoms with Gasteiger partial charge in [-0.1, -0.05) is 6.92 Å². The highest BCUT2D eigenvalue weighted by atomic mass is 79.9. The van der Waals surface area contributed by atoms with Crippen LogP contribution >= 0.6 is 15.9 Å². The lowest BCUT2D eigenvalue weighted by molar-refractivity contribution is 0.0503. The van der Waals surface area contributed by atoms with Crippen molar-refractivity contribution in [3.8, 4) is 0 Å². The zero-order valence-corrected chi connectivity index (χ0v) is 11.5. The number of benzene rings is 1. The second kappa shape index (κ2) is 5.61. The number of sulfonamides is 1. The number of halogens is 1. The van der Waals surface area contributed by atoms with E-state index in [4.69, 9.17) is 9.88 Å². The molecule has 7 heteroatoms. The highest BCUT2D eigenvalue weighted by Crippen LogP contribution is 2.21. The van der Waals surface area contributed by atoms with Crippen molar-refractivity contribution in [1.82, 2.24) is 0 Å². The molecular formula is C10H12BrNO4S. The summed E-state index contributed by atoms with van der Waals surface area (Å²) in [6.45, 7) is 2.15. The van der Waals surface area contributed by atoms with Crippen LogP contribution in [0.15, 0.2) is 27.6 Å². The summed E-state index contributed by atoms with van der Waals surface area (Å²) in [7, 11) is -3.82. The standard InChI is InChI=1S/C10H12BrNO4S/c1-2-5-16-10(13)8-6-7(17(12,14)15)3-4-9(8)11/h3-4,6H,2,5H2,1H3,(H2,12,14,15). The van der Waals surface area contributed by atoms with E-state index in [0.29, 0.717) is 10.9 Å². The van der Waals surface area contributed by atoms with Crippen LogP contribution in [-0.2, 0) is 14.8 Å². The molecule has 0 aliphatic heterocycles. The van der Waals surface area contributed by atoms with Crippen molar-refractivity contribution in [2.45, 2.75) is 18.2 Å². The van der Waals surface area contributed by atoms with E-state index < -0.39 is 16.0 Å². The highest BCUT2D eigenvalue weighted by molar-refractivity contribution is 9.10. The van der Waals surface area contributed by atoms with Crippen LogP contribution < -0.4 is 5.14 Å². The minimum Gasteiger partial charge on any atom is -0.462 e. The molecule has 17 heavy (non-hydrogen) atoms. The lowest BCUT2D eigenvalue weighted by Gasteiger charge is -2.06. The average molecular weight is 322 g/mol. The monoisotopic (exact) mass is 321 g/mol. The van der Waals surface area contributed by atoms with E-state index in [1.807, 2.05) is 6.92 Å². The Hall–Kier alpha value is -0.920. The van der Waals surface area contributed by atoms with Gasteiger partial charge in [0.25, 0.3) is 0 Å². The van der Waals surface area contributed by atoms with Gasteiger partial charge in [0.15, 0.2) is 0 Å². The van der Waals surface area contributed by atoms with Crippen LogP contribution in [0.25, 0.3) is 0 Å². The summed E-state index contributed by atoms with van der Waals surface area (Å²) in [5.41, 5.74) is 0.143. The van der Waals surface area contributed by atoms with Crippen LogP contribution in [0.1, 0.15) is 23.7 Å². The molecule has 2 N–H and O–H groups in total. The van der Waals surface area contributed by atoms with Crippen LogP contribution in [0.4, 0.5) is 0 Å². The molecule has 0 saturated heterocycles. The Labute approximate surface area is 108 Å². The number of carbonyl (C=O) groups excluding carboxylic acids is 1. The number of hydrogen-bond donors (Lipinski definition) is 1. The molecule has 0 unspecified atom stereocenters. The molecule has 5 nitrogen and oxygen atoms in total. The molecular weight excluding hydrogens is 310 g/mol. The van der Waals surface area contributed by atoms with Crippen LogP contribution in [0.3, 0.4) is 0 Å². The Balaban J connectivity index is 3.11. The first-order chi connectivity index (χ1) is 7.86. The Morgan fingerprint density at radius 2 is 2.12 bits per heavy atom. The maximum atomic E-state index is 11.6. The molecule has 0 aliphatic rings. The number of rotatable bonds is 4. The van der Waals surface area contributed by atoms with E-state index in [9.17, 15) is 13.2 Å². The molecule has 0 aliphatic carbocycles. The fraction of sp³-hybridized carbons (Fsp3) is 0.300. The number of primary sulfonamides is 1. The molecule has 0 atom stereocenters. The predicted octanol–water partition coefficient (Wildman–Crippen LogP) is 1.66. The third kappa shape index (κ3) is 3.79. The summed E-state index contributed by atoms with van der Waals surface area (Å²) in [6, 6.07) is 3.95. The molecule has 0 amide bonds. The Bertz CT molecular complexity index is 527. The Morgan fingerprint density at radius 1 is 1.47 bits per heavy atom. The Morgan fingerprint density at radius 3 is 2.65 bits per heavy atom. The van der Waals surface area contributed by atoms with Crippen molar-refractivity contribution in [3.63, 3.8) is 0 Å². The molecule has 1 rings (SSSR count). The molecule has 0 spiro atoms. The van der Waals surface area contributed by atoms with Gasteiger partial charge in [-0.2, -0.15) is 0 Å². The zero-order valence-electron chi connectivity index (χ0n) is 9.14. The molecule has 0 saturated carbocycles. The van der Waals surface area contributed by atoms with E-state index in [-0.39, 0.29) is 17.1 Å². The first-order valence-electron chi connectivity index (χ1n) is 4.85. The van der Waals surface area contributed by atoms with Crippen molar-refractivity contribution < 1.29 is 17.9 Å². The number of ether oxygens (including phenoxy) is 1. The van der Waals surface area contributed by atoms with Gasteiger partial charge in [-0.3, -0.25) is 0 Å². The maximum absolute atomic E-state index is 11.6. The fourth-order valence-corrected chi connectivity index (χ4v) is 2.06. The lowest BCUT2D eigenvalue weighted by Crippen LogP contribution is -2.14. The zero-order chi connectivity index (χ0) is 13.1. The molecule has 0 heterocycles. The quantitative estimate of drug-likeness (QED) is 0.854. The minimum atomic E-state index is -3.82. The molecule has 0 radical (unpaired) electrons. The lowest BCUT2D eigenvalue weighted by atomic mass is 10.2. The minimum absolute atomic E-state index is 0.121. The van der Waals surface area contributed by atoms with E-state index in [1.54, 1.807) is 0 Å². The summed E-state index contributed by atoms with van der Waals surface area (Å²) in [4.78, 5) is 11.5. The summed E-state index contributed by atoms with van der Waals surface area (Å²) >= 11 is 3.15. The third-order valence-corrected chi connectivity index (χ3v) is 3.53. The number of carbonyl (C=O) groups is 1. The smallest absolute Gasteiger partial charge is 0.339 e. The van der Waals surface area contributed by atoms with Gasteiger partial charge in [-0.25, -0.2) is 18.4 Å². The summed E-state index contributed by atoms with van der Waals surface area (Å²) in [5.74, 6) is -0.579. The number of hydrogen-bond acceptors (Lipinski definition) is 4. The van der Waals surface area contributed by atoms with Crippen LogP contribution in [0, 0.1) is 0 Å². The van der Waals surface area contributed by atoms with E-state index >= 15 is 0 Å². The molecule has 0 fully saturated rings. The first kappa shape index (κ1) is 14.1. The van der Waals surface area contributed by atoms with Crippen molar-refractivity contribution in [3.05, 3.63) is 28.2 Å². The van der Waals surface area contributed by atoms with Crippen molar-refractivity contribution in [2.24, 2.45) is 5.14 Å². The average Bonchev–Trinajstić information content (AvgIpc) is 2.24. The van der Waals surface area contributed by atoms with Gasteiger partial charge in [-0.05, 0) is 40.5 Å². The van der Waals surface area contributed by atoms with Crippen LogP contribution in [0.2, 0.25) is 0 Å². The summed E-state index contributed by atoms with van der Waals surface area (Å²) in [6.07, 6.45) is 0.693. The van der Waals surface area contributed by atoms with Gasteiger partial charge in [0.2, 0.25) is 10.0 Å². The van der Waals surface area contributed by atoms with Gasteiger partial charge in [0.1, 0.15) is 0 Å². The van der Waals surface area contributed by atoms with Gasteiger partial charge in [0.05, 0.1) is 17.1 Å². The predicted molar refractivity (Wildman–Crippen MR) is 66.1 cm³/mol. The van der Waals surface area contributed by atoms with E-state index in [1.165, 1.54) is 18.2 Å². The molecule has 94 valence electrons. The van der Waals surface area contributed by atoms with Crippen molar-refractivity contribution in [2.75, 3.05) is 6.61 Å². The molecule has 1 aromatic carbocycles. The summed E-state index contributed by atoms with van der Waals surface area (Å²) in [5, 5.41) is 4.98. The van der Waals surface area contributed by atoms with Gasteiger partial charge in [-0.15, -0.1) is 0 Å². The van der Waals surface area contributed by atoms with Crippen molar-refractivity contribution in [1.29, 1.82) is 0 Å².